The van der Waals surface area contributed by atoms with E-state index in [1.165, 1.54) is 51.4 Å². The Labute approximate surface area is 84.4 Å². The van der Waals surface area contributed by atoms with Crippen molar-refractivity contribution in [2.75, 3.05) is 0 Å². The Kier molecular flexibility index (Phi) is 9.63. The zero-order chi connectivity index (χ0) is 9.94. The van der Waals surface area contributed by atoms with Crippen LogP contribution in [0.5, 0.6) is 0 Å². The molecule has 78 valence electrons. The second-order valence-electron chi connectivity index (χ2n) is 4.00. The second kappa shape index (κ2) is 9.83. The molecule has 0 spiro atoms. The van der Waals surface area contributed by atoms with Crippen LogP contribution in [0.3, 0.4) is 0 Å². The summed E-state index contributed by atoms with van der Waals surface area (Å²) < 4.78 is 0. The zero-order valence-electron chi connectivity index (χ0n) is 9.73. The third kappa shape index (κ3) is 9.66. The van der Waals surface area contributed by atoms with Crippen LogP contribution in [0.15, 0.2) is 11.6 Å². The van der Waals surface area contributed by atoms with E-state index in [0.717, 1.165) is 0 Å². The van der Waals surface area contributed by atoms with Crippen LogP contribution in [-0.2, 0) is 0 Å². The van der Waals surface area contributed by atoms with Crippen LogP contribution in [0.1, 0.15) is 72.1 Å². The third-order valence-corrected chi connectivity index (χ3v) is 2.46. The van der Waals surface area contributed by atoms with Crippen molar-refractivity contribution in [3.8, 4) is 0 Å². The summed E-state index contributed by atoms with van der Waals surface area (Å²) in [6.45, 7) is 6.78. The first-order valence-corrected chi connectivity index (χ1v) is 5.96. The average molecular weight is 182 g/mol. The predicted molar refractivity (Wildman–Crippen MR) is 62.0 cm³/mol. The van der Waals surface area contributed by atoms with E-state index in [1.807, 2.05) is 0 Å². The van der Waals surface area contributed by atoms with Gasteiger partial charge in [0.1, 0.15) is 0 Å². The van der Waals surface area contributed by atoms with Crippen molar-refractivity contribution >= 4 is 0 Å². The molecule has 0 saturated heterocycles. The molecular formula is C13H26. The summed E-state index contributed by atoms with van der Waals surface area (Å²) in [6, 6.07) is 0. The van der Waals surface area contributed by atoms with Gasteiger partial charge >= 0.3 is 0 Å². The minimum absolute atomic E-state index is 1.26. The Morgan fingerprint density at radius 3 is 2.23 bits per heavy atom. The fourth-order valence-corrected chi connectivity index (χ4v) is 1.50. The molecule has 0 bridgehead atoms. The lowest BCUT2D eigenvalue weighted by Gasteiger charge is -2.01. The van der Waals surface area contributed by atoms with Crippen molar-refractivity contribution in [1.82, 2.24) is 0 Å². The minimum atomic E-state index is 1.26. The molecule has 0 heteroatoms. The predicted octanol–water partition coefficient (Wildman–Crippen LogP) is 5.09. The lowest BCUT2D eigenvalue weighted by atomic mass is 10.1. The summed E-state index contributed by atoms with van der Waals surface area (Å²) in [5.41, 5.74) is 1.60. The van der Waals surface area contributed by atoms with Gasteiger partial charge in [0.25, 0.3) is 0 Å². The lowest BCUT2D eigenvalue weighted by Crippen LogP contribution is -1.81. The molecule has 0 radical (unpaired) electrons. The Balaban J connectivity index is 3.21. The van der Waals surface area contributed by atoms with Crippen LogP contribution in [-0.4, -0.2) is 0 Å². The molecule has 0 aliphatic heterocycles. The van der Waals surface area contributed by atoms with Gasteiger partial charge in [-0.2, -0.15) is 0 Å². The molecule has 0 aromatic heterocycles. The van der Waals surface area contributed by atoms with Crippen molar-refractivity contribution in [2.24, 2.45) is 0 Å². The van der Waals surface area contributed by atoms with Gasteiger partial charge in [-0.1, -0.05) is 57.6 Å². The topological polar surface area (TPSA) is 0 Å². The molecule has 0 saturated carbocycles. The quantitative estimate of drug-likeness (QED) is 0.362. The number of hydrogen-bond donors (Lipinski definition) is 0. The molecule has 0 heterocycles. The lowest BCUT2D eigenvalue weighted by molar-refractivity contribution is 0.630. The molecule has 0 rings (SSSR count). The summed E-state index contributed by atoms with van der Waals surface area (Å²) in [6.07, 6.45) is 13.3. The van der Waals surface area contributed by atoms with Gasteiger partial charge in [-0.15, -0.1) is 0 Å². The molecular weight excluding hydrogens is 156 g/mol. The van der Waals surface area contributed by atoms with Crippen molar-refractivity contribution in [3.05, 3.63) is 11.6 Å². The van der Waals surface area contributed by atoms with Crippen LogP contribution >= 0.6 is 0 Å². The molecule has 0 amide bonds. The van der Waals surface area contributed by atoms with E-state index in [2.05, 4.69) is 26.8 Å². The molecule has 0 nitrogen and oxygen atoms in total. The summed E-state index contributed by atoms with van der Waals surface area (Å²) in [7, 11) is 0. The van der Waals surface area contributed by atoms with E-state index in [0.29, 0.717) is 0 Å². The van der Waals surface area contributed by atoms with Gasteiger partial charge < -0.3 is 0 Å². The molecule has 0 aromatic carbocycles. The highest BCUT2D eigenvalue weighted by atomic mass is 14.0. The van der Waals surface area contributed by atoms with E-state index < -0.39 is 0 Å². The fraction of sp³-hybridized carbons (Fsp3) is 0.846. The first-order valence-electron chi connectivity index (χ1n) is 5.96. The van der Waals surface area contributed by atoms with Gasteiger partial charge in [0.2, 0.25) is 0 Å². The molecule has 0 unspecified atom stereocenters. The number of hydrogen-bond acceptors (Lipinski definition) is 0. The van der Waals surface area contributed by atoms with Gasteiger partial charge in [0.15, 0.2) is 0 Å². The van der Waals surface area contributed by atoms with Crippen molar-refractivity contribution in [1.29, 1.82) is 0 Å². The van der Waals surface area contributed by atoms with Crippen LogP contribution in [0.2, 0.25) is 0 Å². The Hall–Kier alpha value is -0.260. The smallest absolute Gasteiger partial charge is 0.0323 e. The SMILES string of the molecule is CCCC=C(C)CCCCCCC. The van der Waals surface area contributed by atoms with Crippen molar-refractivity contribution < 1.29 is 0 Å². The average Bonchev–Trinajstić information content (AvgIpc) is 2.14. The maximum atomic E-state index is 2.40. The minimum Gasteiger partial charge on any atom is -0.0856 e. The van der Waals surface area contributed by atoms with E-state index in [4.69, 9.17) is 0 Å². The van der Waals surface area contributed by atoms with Gasteiger partial charge in [0, 0.05) is 0 Å². The first-order chi connectivity index (χ1) is 6.31. The monoisotopic (exact) mass is 182 g/mol. The van der Waals surface area contributed by atoms with Crippen LogP contribution in [0, 0.1) is 0 Å². The second-order valence-corrected chi connectivity index (χ2v) is 4.00. The molecule has 0 aliphatic rings. The zero-order valence-corrected chi connectivity index (χ0v) is 9.73. The van der Waals surface area contributed by atoms with Gasteiger partial charge in [0.05, 0.1) is 0 Å². The number of unbranched alkanes of at least 4 members (excludes halogenated alkanes) is 5. The van der Waals surface area contributed by atoms with Gasteiger partial charge in [-0.05, 0) is 26.2 Å². The molecule has 0 N–H and O–H groups in total. The molecule has 13 heavy (non-hydrogen) atoms. The van der Waals surface area contributed by atoms with E-state index >= 15 is 0 Å². The number of rotatable bonds is 8. The highest BCUT2D eigenvalue weighted by molar-refractivity contribution is 4.97. The Morgan fingerprint density at radius 2 is 1.62 bits per heavy atom. The maximum Gasteiger partial charge on any atom is -0.0323 e. The van der Waals surface area contributed by atoms with Crippen LogP contribution < -0.4 is 0 Å². The van der Waals surface area contributed by atoms with Crippen molar-refractivity contribution in [2.45, 2.75) is 72.1 Å². The highest BCUT2D eigenvalue weighted by Crippen LogP contribution is 2.11. The summed E-state index contributed by atoms with van der Waals surface area (Å²) >= 11 is 0. The van der Waals surface area contributed by atoms with Gasteiger partial charge in [-0.25, -0.2) is 0 Å². The van der Waals surface area contributed by atoms with Crippen LogP contribution in [0.4, 0.5) is 0 Å². The largest absolute Gasteiger partial charge is 0.0856 e. The summed E-state index contributed by atoms with van der Waals surface area (Å²) in [5, 5.41) is 0. The van der Waals surface area contributed by atoms with Gasteiger partial charge in [-0.3, -0.25) is 0 Å². The third-order valence-electron chi connectivity index (χ3n) is 2.46. The molecule has 0 atom stereocenters. The van der Waals surface area contributed by atoms with Crippen LogP contribution in [0.25, 0.3) is 0 Å². The Morgan fingerprint density at radius 1 is 0.923 bits per heavy atom. The van der Waals surface area contributed by atoms with E-state index in [1.54, 1.807) is 5.57 Å². The standard InChI is InChI=1S/C13H26/c1-4-6-8-9-10-12-13(3)11-7-5-2/h11H,4-10,12H2,1-3H3. The van der Waals surface area contributed by atoms with E-state index in [9.17, 15) is 0 Å². The maximum absolute atomic E-state index is 2.40. The highest BCUT2D eigenvalue weighted by Gasteiger charge is 1.91. The van der Waals surface area contributed by atoms with Crippen molar-refractivity contribution in [3.63, 3.8) is 0 Å². The van der Waals surface area contributed by atoms with E-state index in [-0.39, 0.29) is 0 Å². The normalized spacial score (nSPS) is 12.1. The molecule has 0 aromatic rings. The fourth-order valence-electron chi connectivity index (χ4n) is 1.50. The Bertz CT molecular complexity index is 122. The molecule has 0 aliphatic carbocycles. The molecule has 0 fully saturated rings. The number of allylic oxidation sites excluding steroid dienone is 2. The first kappa shape index (κ1) is 12.7. The summed E-state index contributed by atoms with van der Waals surface area (Å²) in [4.78, 5) is 0. The summed E-state index contributed by atoms with van der Waals surface area (Å²) in [5.74, 6) is 0.